The van der Waals surface area contributed by atoms with Crippen molar-refractivity contribution in [2.24, 2.45) is 7.05 Å². The first-order chi connectivity index (χ1) is 9.56. The highest BCUT2D eigenvalue weighted by Gasteiger charge is 2.07. The van der Waals surface area contributed by atoms with Crippen LogP contribution < -0.4 is 10.1 Å². The summed E-state index contributed by atoms with van der Waals surface area (Å²) in [5, 5.41) is 11.0. The van der Waals surface area contributed by atoms with Crippen LogP contribution in [-0.2, 0) is 18.4 Å². The average molecular weight is 295 g/mol. The first kappa shape index (κ1) is 14.3. The van der Waals surface area contributed by atoms with Crippen LogP contribution in [0.25, 0.3) is 0 Å². The molecule has 1 aromatic carbocycles. The van der Waals surface area contributed by atoms with Gasteiger partial charge in [-0.1, -0.05) is 11.6 Å². The molecule has 0 unspecified atom stereocenters. The van der Waals surface area contributed by atoms with Gasteiger partial charge in [0.1, 0.15) is 12.1 Å². The number of carbonyl (C=O) groups excluding carboxylic acids is 1. The van der Waals surface area contributed by atoms with Gasteiger partial charge in [-0.2, -0.15) is 0 Å². The van der Waals surface area contributed by atoms with E-state index < -0.39 is 0 Å². The molecular weight excluding hydrogens is 280 g/mol. The molecule has 0 saturated heterocycles. The molecule has 1 aromatic heterocycles. The van der Waals surface area contributed by atoms with Gasteiger partial charge in [-0.25, -0.2) is 0 Å². The summed E-state index contributed by atoms with van der Waals surface area (Å²) < 4.78 is 7.18. The quantitative estimate of drug-likeness (QED) is 0.907. The van der Waals surface area contributed by atoms with Crippen LogP contribution in [0.4, 0.5) is 0 Å². The Bertz CT molecular complexity index is 612. The highest BCUT2D eigenvalue weighted by atomic mass is 35.5. The second-order valence-corrected chi connectivity index (χ2v) is 4.77. The van der Waals surface area contributed by atoms with E-state index in [1.165, 1.54) is 0 Å². The van der Waals surface area contributed by atoms with Crippen LogP contribution in [0.15, 0.2) is 24.5 Å². The lowest BCUT2D eigenvalue weighted by molar-refractivity contribution is -0.123. The smallest absolute Gasteiger partial charge is 0.258 e. The monoisotopic (exact) mass is 294 g/mol. The van der Waals surface area contributed by atoms with E-state index >= 15 is 0 Å². The number of rotatable bonds is 5. The number of nitrogens with one attached hydrogen (secondary N) is 1. The fourth-order valence-corrected chi connectivity index (χ4v) is 1.84. The van der Waals surface area contributed by atoms with E-state index in [1.54, 1.807) is 29.1 Å². The van der Waals surface area contributed by atoms with Crippen molar-refractivity contribution in [1.82, 2.24) is 20.1 Å². The molecule has 0 fully saturated rings. The maximum absolute atomic E-state index is 11.7. The molecule has 2 rings (SSSR count). The SMILES string of the molecule is Cc1cc(Cl)ccc1OCC(=O)NCc1nncn1C. The summed E-state index contributed by atoms with van der Waals surface area (Å²) in [5.74, 6) is 1.10. The number of amides is 1. The zero-order valence-corrected chi connectivity index (χ0v) is 12.0. The molecule has 1 N–H and O–H groups in total. The Labute approximate surface area is 121 Å². The van der Waals surface area contributed by atoms with Crippen LogP contribution in [0.2, 0.25) is 5.02 Å². The fraction of sp³-hybridized carbons (Fsp3) is 0.308. The molecule has 0 bridgehead atoms. The molecule has 0 atom stereocenters. The number of halogens is 1. The molecule has 0 aliphatic rings. The van der Waals surface area contributed by atoms with Crippen molar-refractivity contribution in [2.75, 3.05) is 6.61 Å². The van der Waals surface area contributed by atoms with E-state index in [1.807, 2.05) is 14.0 Å². The molecule has 0 spiro atoms. The van der Waals surface area contributed by atoms with E-state index in [4.69, 9.17) is 16.3 Å². The molecule has 6 nitrogen and oxygen atoms in total. The number of aryl methyl sites for hydroxylation is 2. The maximum atomic E-state index is 11.7. The zero-order valence-electron chi connectivity index (χ0n) is 11.3. The van der Waals surface area contributed by atoms with E-state index in [0.717, 1.165) is 5.56 Å². The molecule has 1 heterocycles. The van der Waals surface area contributed by atoms with Gasteiger partial charge in [-0.05, 0) is 30.7 Å². The van der Waals surface area contributed by atoms with Crippen molar-refractivity contribution in [3.05, 3.63) is 40.9 Å². The van der Waals surface area contributed by atoms with E-state index in [9.17, 15) is 4.79 Å². The van der Waals surface area contributed by atoms with Gasteiger partial charge in [-0.3, -0.25) is 4.79 Å². The number of aromatic nitrogens is 3. The summed E-state index contributed by atoms with van der Waals surface area (Å²) >= 11 is 5.85. The van der Waals surface area contributed by atoms with Crippen molar-refractivity contribution in [3.8, 4) is 5.75 Å². The van der Waals surface area contributed by atoms with Crippen molar-refractivity contribution in [3.63, 3.8) is 0 Å². The van der Waals surface area contributed by atoms with Gasteiger partial charge >= 0.3 is 0 Å². The van der Waals surface area contributed by atoms with Crippen LogP contribution >= 0.6 is 11.6 Å². The molecule has 2 aromatic rings. The number of hydrogen-bond donors (Lipinski definition) is 1. The van der Waals surface area contributed by atoms with Crippen LogP contribution in [0.1, 0.15) is 11.4 Å². The molecular formula is C13H15ClN4O2. The third-order valence-electron chi connectivity index (χ3n) is 2.74. The fourth-order valence-electron chi connectivity index (χ4n) is 1.61. The molecule has 0 saturated carbocycles. The minimum Gasteiger partial charge on any atom is -0.484 e. The number of benzene rings is 1. The average Bonchev–Trinajstić information content (AvgIpc) is 2.81. The predicted octanol–water partition coefficient (Wildman–Crippen LogP) is 1.47. The summed E-state index contributed by atoms with van der Waals surface area (Å²) in [4.78, 5) is 11.7. The van der Waals surface area contributed by atoms with Crippen molar-refractivity contribution in [2.45, 2.75) is 13.5 Å². The van der Waals surface area contributed by atoms with Gasteiger partial charge in [0.05, 0.1) is 6.54 Å². The standard InChI is InChI=1S/C13H15ClN4O2/c1-9-5-10(14)3-4-11(9)20-7-13(19)15-6-12-17-16-8-18(12)2/h3-5,8H,6-7H2,1-2H3,(H,15,19). The molecule has 0 radical (unpaired) electrons. The lowest BCUT2D eigenvalue weighted by Crippen LogP contribution is -2.29. The topological polar surface area (TPSA) is 69.0 Å². The highest BCUT2D eigenvalue weighted by molar-refractivity contribution is 6.30. The van der Waals surface area contributed by atoms with Gasteiger partial charge in [-0.15, -0.1) is 10.2 Å². The molecule has 20 heavy (non-hydrogen) atoms. The molecule has 0 aliphatic heterocycles. The first-order valence-corrected chi connectivity index (χ1v) is 6.42. The third-order valence-corrected chi connectivity index (χ3v) is 2.98. The van der Waals surface area contributed by atoms with Gasteiger partial charge in [0.25, 0.3) is 5.91 Å². The molecule has 0 aliphatic carbocycles. The Kier molecular flexibility index (Phi) is 4.57. The summed E-state index contributed by atoms with van der Waals surface area (Å²) in [6.45, 7) is 2.14. The summed E-state index contributed by atoms with van der Waals surface area (Å²) in [6, 6.07) is 5.25. The van der Waals surface area contributed by atoms with Crippen molar-refractivity contribution in [1.29, 1.82) is 0 Å². The van der Waals surface area contributed by atoms with Gasteiger partial charge < -0.3 is 14.6 Å². The van der Waals surface area contributed by atoms with Crippen molar-refractivity contribution < 1.29 is 9.53 Å². The van der Waals surface area contributed by atoms with Gasteiger partial charge in [0.2, 0.25) is 0 Å². The largest absolute Gasteiger partial charge is 0.484 e. The molecule has 106 valence electrons. The van der Waals surface area contributed by atoms with E-state index in [2.05, 4.69) is 15.5 Å². The van der Waals surface area contributed by atoms with Gasteiger partial charge in [0.15, 0.2) is 12.4 Å². The van der Waals surface area contributed by atoms with Crippen molar-refractivity contribution >= 4 is 17.5 Å². The lowest BCUT2D eigenvalue weighted by Gasteiger charge is -2.09. The Morgan fingerprint density at radius 2 is 2.30 bits per heavy atom. The third kappa shape index (κ3) is 3.71. The van der Waals surface area contributed by atoms with Crippen LogP contribution in [-0.4, -0.2) is 27.3 Å². The summed E-state index contributed by atoms with van der Waals surface area (Å²) in [7, 11) is 1.81. The van der Waals surface area contributed by atoms with E-state index in [0.29, 0.717) is 23.1 Å². The number of nitrogens with zero attached hydrogens (tertiary/aromatic N) is 3. The number of carbonyl (C=O) groups is 1. The minimum absolute atomic E-state index is 0.0552. The summed E-state index contributed by atoms with van der Waals surface area (Å²) in [5.41, 5.74) is 0.888. The van der Waals surface area contributed by atoms with Crippen LogP contribution in [0.3, 0.4) is 0 Å². The lowest BCUT2D eigenvalue weighted by atomic mass is 10.2. The van der Waals surface area contributed by atoms with Crippen LogP contribution in [0.5, 0.6) is 5.75 Å². The van der Waals surface area contributed by atoms with Crippen LogP contribution in [0, 0.1) is 6.92 Å². The Balaban J connectivity index is 1.82. The second-order valence-electron chi connectivity index (χ2n) is 4.33. The zero-order chi connectivity index (χ0) is 14.5. The highest BCUT2D eigenvalue weighted by Crippen LogP contribution is 2.21. The first-order valence-electron chi connectivity index (χ1n) is 6.05. The second kappa shape index (κ2) is 6.38. The Morgan fingerprint density at radius 1 is 1.50 bits per heavy atom. The Hall–Kier alpha value is -2.08. The number of ether oxygens (including phenoxy) is 1. The van der Waals surface area contributed by atoms with Gasteiger partial charge in [0, 0.05) is 12.1 Å². The molecule has 7 heteroatoms. The molecule has 1 amide bonds. The predicted molar refractivity (Wildman–Crippen MR) is 74.5 cm³/mol. The summed E-state index contributed by atoms with van der Waals surface area (Å²) in [6.07, 6.45) is 1.58. The van der Waals surface area contributed by atoms with E-state index in [-0.39, 0.29) is 12.5 Å². The number of hydrogen-bond acceptors (Lipinski definition) is 4. The normalized spacial score (nSPS) is 10.3. The Morgan fingerprint density at radius 3 is 2.95 bits per heavy atom. The maximum Gasteiger partial charge on any atom is 0.258 e. The minimum atomic E-state index is -0.220.